The fourth-order valence-electron chi connectivity index (χ4n) is 4.08. The van der Waals surface area contributed by atoms with Crippen LogP contribution in [0.4, 0.5) is 0 Å². The first-order valence-electron chi connectivity index (χ1n) is 10.3. The van der Waals surface area contributed by atoms with E-state index in [2.05, 4.69) is 26.0 Å². The predicted molar refractivity (Wildman–Crippen MR) is 101 cm³/mol. The standard InChI is InChI=1S/C22H34O3/c1-3-5-7-9-17-13-18-16-24-21-14-19(23-12-8-6-4-2)10-11-20(21)22(18)25-15-17/h10-11,14,17-18,22H,3-9,12-13,15-16H2,1-2H3/t17-,18-,22+/m0/s1. The number of hydrogen-bond acceptors (Lipinski definition) is 3. The molecule has 2 aliphatic heterocycles. The minimum absolute atomic E-state index is 0.209. The van der Waals surface area contributed by atoms with Crippen molar-refractivity contribution in [3.63, 3.8) is 0 Å². The molecule has 1 fully saturated rings. The van der Waals surface area contributed by atoms with Gasteiger partial charge in [-0.15, -0.1) is 0 Å². The van der Waals surface area contributed by atoms with Gasteiger partial charge in [-0.3, -0.25) is 0 Å². The summed E-state index contributed by atoms with van der Waals surface area (Å²) in [6, 6.07) is 6.28. The Labute approximate surface area is 153 Å². The summed E-state index contributed by atoms with van der Waals surface area (Å²) in [5.41, 5.74) is 1.21. The minimum atomic E-state index is 0.209. The number of benzene rings is 1. The zero-order valence-electron chi connectivity index (χ0n) is 16.0. The van der Waals surface area contributed by atoms with E-state index in [1.54, 1.807) is 0 Å². The van der Waals surface area contributed by atoms with E-state index in [9.17, 15) is 0 Å². The fourth-order valence-corrected chi connectivity index (χ4v) is 4.08. The van der Waals surface area contributed by atoms with Crippen LogP contribution >= 0.6 is 0 Å². The van der Waals surface area contributed by atoms with Crippen molar-refractivity contribution in [1.82, 2.24) is 0 Å². The third-order valence-corrected chi connectivity index (χ3v) is 5.55. The zero-order valence-corrected chi connectivity index (χ0v) is 16.0. The molecule has 0 unspecified atom stereocenters. The van der Waals surface area contributed by atoms with Gasteiger partial charge in [-0.2, -0.15) is 0 Å². The van der Waals surface area contributed by atoms with Crippen LogP contribution in [0.15, 0.2) is 18.2 Å². The number of ether oxygens (including phenoxy) is 3. The van der Waals surface area contributed by atoms with Gasteiger partial charge in [-0.1, -0.05) is 46.0 Å². The second kappa shape index (κ2) is 9.47. The van der Waals surface area contributed by atoms with Crippen LogP contribution in [0.3, 0.4) is 0 Å². The summed E-state index contributed by atoms with van der Waals surface area (Å²) in [6.45, 7) is 6.94. The van der Waals surface area contributed by atoms with Crippen molar-refractivity contribution in [3.05, 3.63) is 23.8 Å². The summed E-state index contributed by atoms with van der Waals surface area (Å²) < 4.78 is 18.2. The molecule has 2 heterocycles. The van der Waals surface area contributed by atoms with E-state index in [-0.39, 0.29) is 6.10 Å². The molecule has 0 radical (unpaired) electrons. The van der Waals surface area contributed by atoms with E-state index in [1.165, 1.54) is 50.5 Å². The maximum Gasteiger partial charge on any atom is 0.128 e. The normalized spacial score (nSPS) is 25.0. The third kappa shape index (κ3) is 4.91. The number of rotatable bonds is 9. The van der Waals surface area contributed by atoms with Gasteiger partial charge in [0.15, 0.2) is 0 Å². The Morgan fingerprint density at radius 1 is 1.04 bits per heavy atom. The molecule has 3 nitrogen and oxygen atoms in total. The molecule has 0 amide bonds. The van der Waals surface area contributed by atoms with E-state index in [4.69, 9.17) is 14.2 Å². The smallest absolute Gasteiger partial charge is 0.128 e. The molecule has 0 saturated carbocycles. The Kier molecular flexibility index (Phi) is 7.03. The Balaban J connectivity index is 1.55. The lowest BCUT2D eigenvalue weighted by atomic mass is 9.81. The molecule has 1 saturated heterocycles. The first kappa shape index (κ1) is 18.6. The summed E-state index contributed by atoms with van der Waals surface area (Å²) in [7, 11) is 0. The largest absolute Gasteiger partial charge is 0.493 e. The Morgan fingerprint density at radius 2 is 1.88 bits per heavy atom. The van der Waals surface area contributed by atoms with Gasteiger partial charge >= 0.3 is 0 Å². The van der Waals surface area contributed by atoms with E-state index in [0.29, 0.717) is 11.8 Å². The summed E-state index contributed by atoms with van der Waals surface area (Å²) >= 11 is 0. The molecule has 0 N–H and O–H groups in total. The minimum Gasteiger partial charge on any atom is -0.493 e. The number of unbranched alkanes of at least 4 members (excludes halogenated alkanes) is 4. The third-order valence-electron chi connectivity index (χ3n) is 5.55. The highest BCUT2D eigenvalue weighted by Gasteiger charge is 2.37. The Morgan fingerprint density at radius 3 is 2.72 bits per heavy atom. The lowest BCUT2D eigenvalue weighted by Gasteiger charge is -2.40. The molecule has 1 aromatic carbocycles. The van der Waals surface area contributed by atoms with Crippen LogP contribution in [0.1, 0.15) is 76.9 Å². The summed E-state index contributed by atoms with van der Waals surface area (Å²) in [6.07, 6.45) is 10.3. The highest BCUT2D eigenvalue weighted by Crippen LogP contribution is 2.45. The van der Waals surface area contributed by atoms with Crippen molar-refractivity contribution < 1.29 is 14.2 Å². The van der Waals surface area contributed by atoms with Crippen molar-refractivity contribution in [2.75, 3.05) is 19.8 Å². The molecule has 25 heavy (non-hydrogen) atoms. The van der Waals surface area contributed by atoms with Crippen molar-refractivity contribution in [1.29, 1.82) is 0 Å². The van der Waals surface area contributed by atoms with Crippen LogP contribution in [0.5, 0.6) is 11.5 Å². The predicted octanol–water partition coefficient (Wildman–Crippen LogP) is 5.92. The van der Waals surface area contributed by atoms with Crippen molar-refractivity contribution in [3.8, 4) is 11.5 Å². The molecule has 2 aliphatic rings. The van der Waals surface area contributed by atoms with Gasteiger partial charge in [-0.25, -0.2) is 0 Å². The van der Waals surface area contributed by atoms with Crippen LogP contribution in [0, 0.1) is 11.8 Å². The molecule has 0 aliphatic carbocycles. The summed E-state index contributed by atoms with van der Waals surface area (Å²) in [5, 5.41) is 0. The monoisotopic (exact) mass is 346 g/mol. The maximum absolute atomic E-state index is 6.28. The van der Waals surface area contributed by atoms with Gasteiger partial charge in [-0.05, 0) is 37.3 Å². The van der Waals surface area contributed by atoms with Crippen LogP contribution < -0.4 is 9.47 Å². The van der Waals surface area contributed by atoms with Gasteiger partial charge in [0, 0.05) is 17.5 Å². The van der Waals surface area contributed by atoms with Gasteiger partial charge in [0.25, 0.3) is 0 Å². The lowest BCUT2D eigenvalue weighted by molar-refractivity contribution is -0.0836. The van der Waals surface area contributed by atoms with E-state index in [1.807, 2.05) is 6.07 Å². The van der Waals surface area contributed by atoms with Crippen LogP contribution in [-0.4, -0.2) is 19.8 Å². The number of hydrogen-bond donors (Lipinski definition) is 0. The number of fused-ring (bicyclic) bond motifs is 3. The molecular weight excluding hydrogens is 312 g/mol. The van der Waals surface area contributed by atoms with Crippen molar-refractivity contribution >= 4 is 0 Å². The maximum atomic E-state index is 6.28. The van der Waals surface area contributed by atoms with Gasteiger partial charge in [0.1, 0.15) is 11.5 Å². The molecule has 3 heteroatoms. The molecule has 3 atom stereocenters. The molecular formula is C22H34O3. The van der Waals surface area contributed by atoms with Gasteiger partial charge in [0.05, 0.1) is 25.9 Å². The molecule has 140 valence electrons. The quantitative estimate of drug-likeness (QED) is 0.519. The first-order valence-corrected chi connectivity index (χ1v) is 10.3. The Bertz CT molecular complexity index is 528. The summed E-state index contributed by atoms with van der Waals surface area (Å²) in [4.78, 5) is 0. The molecule has 1 aromatic rings. The molecule has 0 aromatic heterocycles. The zero-order chi connectivity index (χ0) is 17.5. The molecule has 3 rings (SSSR count). The highest BCUT2D eigenvalue weighted by molar-refractivity contribution is 5.43. The van der Waals surface area contributed by atoms with Crippen LogP contribution in [-0.2, 0) is 4.74 Å². The van der Waals surface area contributed by atoms with Crippen LogP contribution in [0.25, 0.3) is 0 Å². The van der Waals surface area contributed by atoms with E-state index < -0.39 is 0 Å². The molecule has 0 bridgehead atoms. The summed E-state index contributed by atoms with van der Waals surface area (Å²) in [5.74, 6) is 3.09. The Hall–Kier alpha value is -1.22. The van der Waals surface area contributed by atoms with E-state index in [0.717, 1.165) is 37.7 Å². The van der Waals surface area contributed by atoms with Gasteiger partial charge in [0.2, 0.25) is 0 Å². The highest BCUT2D eigenvalue weighted by atomic mass is 16.5. The lowest BCUT2D eigenvalue weighted by Crippen LogP contribution is -2.35. The average molecular weight is 347 g/mol. The average Bonchev–Trinajstić information content (AvgIpc) is 2.65. The van der Waals surface area contributed by atoms with Crippen molar-refractivity contribution in [2.45, 2.75) is 71.3 Å². The first-order chi connectivity index (χ1) is 12.3. The van der Waals surface area contributed by atoms with Crippen LogP contribution in [0.2, 0.25) is 0 Å². The SMILES string of the molecule is CCCCCOc1ccc2c(c1)OC[C@@H]1C[C@H](CCCCC)CO[C@@H]21. The second-order valence-electron chi connectivity index (χ2n) is 7.68. The second-order valence-corrected chi connectivity index (χ2v) is 7.68. The topological polar surface area (TPSA) is 27.7 Å². The fraction of sp³-hybridized carbons (Fsp3) is 0.727. The molecule has 0 spiro atoms. The van der Waals surface area contributed by atoms with Crippen molar-refractivity contribution in [2.24, 2.45) is 11.8 Å². The van der Waals surface area contributed by atoms with Gasteiger partial charge < -0.3 is 14.2 Å². The van der Waals surface area contributed by atoms with E-state index >= 15 is 0 Å².